The average molecular weight is 197 g/mol. The molecule has 4 nitrogen and oxygen atoms in total. The van der Waals surface area contributed by atoms with Crippen LogP contribution in [0, 0.1) is 13.8 Å². The molecule has 0 aliphatic carbocycles. The van der Waals surface area contributed by atoms with E-state index in [9.17, 15) is 0 Å². The Morgan fingerprint density at radius 2 is 2.14 bits per heavy atom. The molecule has 2 N–H and O–H groups in total. The van der Waals surface area contributed by atoms with E-state index < -0.39 is 6.10 Å². The van der Waals surface area contributed by atoms with E-state index in [1.54, 1.807) is 6.07 Å². The topological polar surface area (TPSA) is 62.6 Å². The van der Waals surface area contributed by atoms with E-state index in [4.69, 9.17) is 14.9 Å². The van der Waals surface area contributed by atoms with Crippen LogP contribution in [0.15, 0.2) is 12.1 Å². The summed E-state index contributed by atoms with van der Waals surface area (Å²) in [6.07, 6.45) is -0.849. The second-order valence-corrected chi connectivity index (χ2v) is 3.27. The van der Waals surface area contributed by atoms with Crippen molar-refractivity contribution >= 4 is 0 Å². The van der Waals surface area contributed by atoms with Crippen molar-refractivity contribution in [2.75, 3.05) is 13.2 Å². The minimum Gasteiger partial charge on any atom is -0.475 e. The van der Waals surface area contributed by atoms with Gasteiger partial charge in [0.1, 0.15) is 12.7 Å². The predicted octanol–water partition coefficient (Wildman–Crippen LogP) is 0.430. The van der Waals surface area contributed by atoms with E-state index in [1.165, 1.54) is 0 Å². The molecule has 0 radical (unpaired) electrons. The van der Waals surface area contributed by atoms with Crippen molar-refractivity contribution in [2.45, 2.75) is 20.0 Å². The van der Waals surface area contributed by atoms with E-state index in [0.717, 1.165) is 11.3 Å². The van der Waals surface area contributed by atoms with Gasteiger partial charge in [-0.25, -0.2) is 4.98 Å². The Hall–Kier alpha value is -1.13. The van der Waals surface area contributed by atoms with E-state index >= 15 is 0 Å². The summed E-state index contributed by atoms with van der Waals surface area (Å²) in [5.74, 6) is 0.481. The van der Waals surface area contributed by atoms with Crippen LogP contribution in [0.5, 0.6) is 5.88 Å². The van der Waals surface area contributed by atoms with Gasteiger partial charge < -0.3 is 14.9 Å². The summed E-state index contributed by atoms with van der Waals surface area (Å²) in [5, 5.41) is 17.6. The number of rotatable bonds is 4. The van der Waals surface area contributed by atoms with Gasteiger partial charge in [-0.1, -0.05) is 0 Å². The Balaban J connectivity index is 2.58. The van der Waals surface area contributed by atoms with Crippen LogP contribution in [0.4, 0.5) is 0 Å². The normalized spacial score (nSPS) is 12.6. The molecule has 78 valence electrons. The van der Waals surface area contributed by atoms with Gasteiger partial charge in [0.15, 0.2) is 0 Å². The highest BCUT2D eigenvalue weighted by Crippen LogP contribution is 2.11. The molecule has 1 heterocycles. The lowest BCUT2D eigenvalue weighted by molar-refractivity contribution is 0.0520. The Morgan fingerprint density at radius 1 is 1.43 bits per heavy atom. The highest BCUT2D eigenvalue weighted by atomic mass is 16.5. The SMILES string of the molecule is Cc1cc(C)nc(OCC(O)CO)c1. The van der Waals surface area contributed by atoms with Gasteiger partial charge in [-0.05, 0) is 25.5 Å². The number of aromatic nitrogens is 1. The van der Waals surface area contributed by atoms with Crippen molar-refractivity contribution in [1.29, 1.82) is 0 Å². The smallest absolute Gasteiger partial charge is 0.213 e. The van der Waals surface area contributed by atoms with Gasteiger partial charge in [0, 0.05) is 11.8 Å². The standard InChI is InChI=1S/C10H15NO3/c1-7-3-8(2)11-10(4-7)14-6-9(13)5-12/h3-4,9,12-13H,5-6H2,1-2H3. The van der Waals surface area contributed by atoms with Crippen LogP contribution >= 0.6 is 0 Å². The lowest BCUT2D eigenvalue weighted by Gasteiger charge is -2.09. The van der Waals surface area contributed by atoms with Gasteiger partial charge >= 0.3 is 0 Å². The minimum absolute atomic E-state index is 0.0619. The van der Waals surface area contributed by atoms with Crippen molar-refractivity contribution in [3.8, 4) is 5.88 Å². The molecule has 1 unspecified atom stereocenters. The molecule has 0 aliphatic rings. The second-order valence-electron chi connectivity index (χ2n) is 3.27. The third-order valence-corrected chi connectivity index (χ3v) is 1.71. The number of aryl methyl sites for hydroxylation is 2. The van der Waals surface area contributed by atoms with Gasteiger partial charge in [0.25, 0.3) is 0 Å². The number of pyridine rings is 1. The Labute approximate surface area is 83.2 Å². The van der Waals surface area contributed by atoms with E-state index in [2.05, 4.69) is 4.98 Å². The third-order valence-electron chi connectivity index (χ3n) is 1.71. The maximum absolute atomic E-state index is 9.06. The lowest BCUT2D eigenvalue weighted by atomic mass is 10.2. The van der Waals surface area contributed by atoms with Crippen molar-refractivity contribution in [2.24, 2.45) is 0 Å². The summed E-state index contributed by atoms with van der Waals surface area (Å²) in [4.78, 5) is 4.13. The molecular weight excluding hydrogens is 182 g/mol. The highest BCUT2D eigenvalue weighted by Gasteiger charge is 2.04. The minimum atomic E-state index is -0.849. The first-order valence-corrected chi connectivity index (χ1v) is 4.49. The monoisotopic (exact) mass is 197 g/mol. The molecule has 1 aromatic rings. The summed E-state index contributed by atoms with van der Waals surface area (Å²) in [6.45, 7) is 3.59. The quantitative estimate of drug-likeness (QED) is 0.734. The van der Waals surface area contributed by atoms with Crippen molar-refractivity contribution < 1.29 is 14.9 Å². The first kappa shape index (κ1) is 10.9. The molecule has 14 heavy (non-hydrogen) atoms. The zero-order chi connectivity index (χ0) is 10.6. The zero-order valence-electron chi connectivity index (χ0n) is 8.40. The average Bonchev–Trinajstić information content (AvgIpc) is 2.12. The molecule has 0 amide bonds. The Kier molecular flexibility index (Phi) is 3.85. The highest BCUT2D eigenvalue weighted by molar-refractivity contribution is 5.23. The predicted molar refractivity (Wildman–Crippen MR) is 52.3 cm³/mol. The van der Waals surface area contributed by atoms with Gasteiger partial charge in [0.2, 0.25) is 5.88 Å². The Morgan fingerprint density at radius 3 is 2.71 bits per heavy atom. The molecule has 0 spiro atoms. The van der Waals surface area contributed by atoms with Crippen LogP contribution in [0.2, 0.25) is 0 Å². The van der Waals surface area contributed by atoms with Gasteiger partial charge in [-0.2, -0.15) is 0 Å². The van der Waals surface area contributed by atoms with Crippen LogP contribution in [0.25, 0.3) is 0 Å². The largest absolute Gasteiger partial charge is 0.475 e. The number of aliphatic hydroxyl groups excluding tert-OH is 2. The molecule has 4 heteroatoms. The van der Waals surface area contributed by atoms with Gasteiger partial charge in [0.05, 0.1) is 6.61 Å². The van der Waals surface area contributed by atoms with Gasteiger partial charge in [-0.3, -0.25) is 0 Å². The van der Waals surface area contributed by atoms with E-state index in [0.29, 0.717) is 5.88 Å². The van der Waals surface area contributed by atoms with Crippen LogP contribution in [0.1, 0.15) is 11.3 Å². The fraction of sp³-hybridized carbons (Fsp3) is 0.500. The summed E-state index contributed by atoms with van der Waals surface area (Å²) in [6, 6.07) is 3.73. The maximum Gasteiger partial charge on any atom is 0.213 e. The zero-order valence-corrected chi connectivity index (χ0v) is 8.40. The molecule has 0 saturated heterocycles. The summed E-state index contributed by atoms with van der Waals surface area (Å²) >= 11 is 0. The van der Waals surface area contributed by atoms with Crippen molar-refractivity contribution in [1.82, 2.24) is 4.98 Å². The summed E-state index contributed by atoms with van der Waals surface area (Å²) < 4.78 is 5.20. The molecule has 1 aromatic heterocycles. The fourth-order valence-corrected chi connectivity index (χ4v) is 1.11. The van der Waals surface area contributed by atoms with E-state index in [-0.39, 0.29) is 13.2 Å². The maximum atomic E-state index is 9.06. The Bertz CT molecular complexity index is 281. The first-order chi connectivity index (χ1) is 6.61. The van der Waals surface area contributed by atoms with E-state index in [1.807, 2.05) is 19.9 Å². The van der Waals surface area contributed by atoms with Crippen LogP contribution < -0.4 is 4.74 Å². The number of ether oxygens (including phenoxy) is 1. The molecule has 0 aromatic carbocycles. The van der Waals surface area contributed by atoms with Gasteiger partial charge in [-0.15, -0.1) is 0 Å². The number of nitrogens with zero attached hydrogens (tertiary/aromatic N) is 1. The molecule has 0 bridgehead atoms. The number of hydrogen-bond donors (Lipinski definition) is 2. The molecular formula is C10H15NO3. The first-order valence-electron chi connectivity index (χ1n) is 4.49. The molecule has 1 rings (SSSR count). The van der Waals surface area contributed by atoms with Crippen molar-refractivity contribution in [3.63, 3.8) is 0 Å². The van der Waals surface area contributed by atoms with Crippen LogP contribution in [-0.2, 0) is 0 Å². The lowest BCUT2D eigenvalue weighted by Crippen LogP contribution is -2.21. The third kappa shape index (κ3) is 3.32. The number of hydrogen-bond acceptors (Lipinski definition) is 4. The molecule has 0 saturated carbocycles. The molecule has 0 aliphatic heterocycles. The molecule has 1 atom stereocenters. The van der Waals surface area contributed by atoms with Crippen LogP contribution in [-0.4, -0.2) is 34.5 Å². The molecule has 0 fully saturated rings. The number of aliphatic hydroxyl groups is 2. The van der Waals surface area contributed by atoms with Crippen LogP contribution in [0.3, 0.4) is 0 Å². The fourth-order valence-electron chi connectivity index (χ4n) is 1.11. The summed E-state index contributed by atoms with van der Waals surface area (Å²) in [5.41, 5.74) is 1.93. The summed E-state index contributed by atoms with van der Waals surface area (Å²) in [7, 11) is 0. The second kappa shape index (κ2) is 4.93. The van der Waals surface area contributed by atoms with Crippen molar-refractivity contribution in [3.05, 3.63) is 23.4 Å².